The fourth-order valence-electron chi connectivity index (χ4n) is 6.07. The standard InChI is InChI=1S/C17H22N2O2.C16H21NO3.CH2O.ClH/c1-10-6-12-4-5-19-9-14(17(20)21-3)15(18)8-16(19)13(12)7-11(10)2;1-10-6-12-4-5-17-15(14(12)7-11(10)2)8-13(18)9-16(19)20-3;1-2;/h6-7,16H,4-5,8-9,18H2,1-3H3;6-7,15,17H,4-5,8-9H2,1-3H3;1H2;1H. The van der Waals surface area contributed by atoms with E-state index in [2.05, 4.69) is 66.9 Å². The fraction of sp³-hybridized carbons (Fsp3) is 0.471. The molecular formula is C34H46ClN3O6. The van der Waals surface area contributed by atoms with Crippen molar-refractivity contribution >= 4 is 36.9 Å². The highest BCUT2D eigenvalue weighted by atomic mass is 35.5. The second kappa shape index (κ2) is 16.5. The van der Waals surface area contributed by atoms with Crippen LogP contribution in [-0.4, -0.2) is 63.3 Å². The molecule has 2 aromatic carbocycles. The third-order valence-electron chi connectivity index (χ3n) is 8.73. The highest BCUT2D eigenvalue weighted by Gasteiger charge is 2.35. The van der Waals surface area contributed by atoms with E-state index in [-0.39, 0.29) is 36.6 Å². The minimum atomic E-state index is -0.467. The molecule has 5 rings (SSSR count). The van der Waals surface area contributed by atoms with Gasteiger partial charge in [-0.05, 0) is 91.6 Å². The number of ether oxygens (including phenoxy) is 2. The molecule has 2 unspecified atom stereocenters. The number of hydrogen-bond acceptors (Lipinski definition) is 9. The number of methoxy groups -OCH3 is 2. The molecule has 10 heteroatoms. The maximum absolute atomic E-state index is 11.9. The van der Waals surface area contributed by atoms with Crippen molar-refractivity contribution in [3.8, 4) is 0 Å². The predicted octanol–water partition coefficient (Wildman–Crippen LogP) is 4.24. The van der Waals surface area contributed by atoms with Crippen LogP contribution < -0.4 is 11.1 Å². The molecule has 2 atom stereocenters. The summed E-state index contributed by atoms with van der Waals surface area (Å²) in [6, 6.07) is 9.27. The molecule has 0 aliphatic carbocycles. The summed E-state index contributed by atoms with van der Waals surface area (Å²) in [7, 11) is 2.71. The summed E-state index contributed by atoms with van der Waals surface area (Å²) >= 11 is 0. The van der Waals surface area contributed by atoms with Gasteiger partial charge in [0.15, 0.2) is 0 Å². The van der Waals surface area contributed by atoms with Crippen LogP contribution >= 0.6 is 12.4 Å². The Morgan fingerprint density at radius 1 is 0.909 bits per heavy atom. The minimum absolute atomic E-state index is 0. The van der Waals surface area contributed by atoms with Gasteiger partial charge in [-0.15, -0.1) is 12.4 Å². The molecule has 0 amide bonds. The molecule has 0 radical (unpaired) electrons. The molecular weight excluding hydrogens is 582 g/mol. The van der Waals surface area contributed by atoms with Crippen LogP contribution in [0.3, 0.4) is 0 Å². The van der Waals surface area contributed by atoms with Gasteiger partial charge in [0.25, 0.3) is 0 Å². The van der Waals surface area contributed by atoms with Crippen LogP contribution in [0.25, 0.3) is 0 Å². The Morgan fingerprint density at radius 2 is 1.48 bits per heavy atom. The molecule has 2 aromatic rings. The van der Waals surface area contributed by atoms with E-state index in [0.29, 0.717) is 36.7 Å². The van der Waals surface area contributed by atoms with Crippen molar-refractivity contribution in [3.63, 3.8) is 0 Å². The third kappa shape index (κ3) is 8.55. The van der Waals surface area contributed by atoms with Crippen molar-refractivity contribution in [3.05, 3.63) is 80.0 Å². The molecule has 0 fully saturated rings. The first kappa shape index (κ1) is 36.7. The van der Waals surface area contributed by atoms with Crippen LogP contribution in [0, 0.1) is 27.7 Å². The van der Waals surface area contributed by atoms with Gasteiger partial charge >= 0.3 is 11.9 Å². The zero-order valence-corrected chi connectivity index (χ0v) is 27.5. The second-order valence-electron chi connectivity index (χ2n) is 11.5. The number of aryl methyl sites for hydroxylation is 4. The number of hydrogen-bond donors (Lipinski definition) is 2. The maximum atomic E-state index is 11.9. The Balaban J connectivity index is 0.000000285. The van der Waals surface area contributed by atoms with Crippen molar-refractivity contribution in [2.24, 2.45) is 5.73 Å². The van der Waals surface area contributed by atoms with E-state index in [4.69, 9.17) is 15.3 Å². The van der Waals surface area contributed by atoms with Crippen molar-refractivity contribution in [1.29, 1.82) is 0 Å². The van der Waals surface area contributed by atoms with Crippen molar-refractivity contribution in [1.82, 2.24) is 10.2 Å². The van der Waals surface area contributed by atoms with Gasteiger partial charge in [-0.1, -0.05) is 24.3 Å². The van der Waals surface area contributed by atoms with Crippen LogP contribution in [-0.2, 0) is 41.5 Å². The number of benzene rings is 2. The average molecular weight is 628 g/mol. The van der Waals surface area contributed by atoms with Gasteiger partial charge in [-0.25, -0.2) is 4.79 Å². The molecule has 0 saturated heterocycles. The largest absolute Gasteiger partial charge is 0.469 e. The maximum Gasteiger partial charge on any atom is 0.336 e. The van der Waals surface area contributed by atoms with Crippen LogP contribution in [0.4, 0.5) is 0 Å². The highest BCUT2D eigenvalue weighted by Crippen LogP contribution is 2.38. The van der Waals surface area contributed by atoms with E-state index in [1.165, 1.54) is 58.7 Å². The number of carbonyl (C=O) groups is 4. The molecule has 0 aromatic heterocycles. The van der Waals surface area contributed by atoms with Gasteiger partial charge < -0.3 is 25.3 Å². The fourth-order valence-corrected chi connectivity index (χ4v) is 6.07. The van der Waals surface area contributed by atoms with Gasteiger partial charge in [0, 0.05) is 43.7 Å². The summed E-state index contributed by atoms with van der Waals surface area (Å²) < 4.78 is 9.37. The number of nitrogens with two attached hydrogens (primary N) is 1. The summed E-state index contributed by atoms with van der Waals surface area (Å²) in [5.74, 6) is -0.844. The molecule has 3 heterocycles. The number of carbonyl (C=O) groups excluding carboxylic acids is 4. The number of nitrogens with zero attached hydrogens (tertiary/aromatic N) is 1. The lowest BCUT2D eigenvalue weighted by molar-refractivity contribution is -0.143. The quantitative estimate of drug-likeness (QED) is 0.369. The van der Waals surface area contributed by atoms with Crippen LogP contribution in [0.5, 0.6) is 0 Å². The average Bonchev–Trinajstić information content (AvgIpc) is 2.99. The number of fused-ring (bicyclic) bond motifs is 4. The predicted molar refractivity (Wildman–Crippen MR) is 173 cm³/mol. The van der Waals surface area contributed by atoms with E-state index in [1.54, 1.807) is 0 Å². The molecule has 0 saturated carbocycles. The highest BCUT2D eigenvalue weighted by molar-refractivity contribution is 5.95. The zero-order valence-electron chi connectivity index (χ0n) is 26.7. The smallest absolute Gasteiger partial charge is 0.336 e. The lowest BCUT2D eigenvalue weighted by atomic mass is 9.84. The summed E-state index contributed by atoms with van der Waals surface area (Å²) in [4.78, 5) is 45.2. The summed E-state index contributed by atoms with van der Waals surface area (Å²) in [5.41, 5.74) is 17.9. The number of Topliss-reactive ketones (excluding diaryl/α,β-unsaturated/α-hetero) is 1. The first-order valence-corrected chi connectivity index (χ1v) is 14.6. The first-order valence-electron chi connectivity index (χ1n) is 14.6. The van der Waals surface area contributed by atoms with E-state index in [0.717, 1.165) is 25.9 Å². The number of ketones is 1. The molecule has 240 valence electrons. The Labute approximate surface area is 266 Å². The number of halogens is 1. The molecule has 3 aliphatic heterocycles. The van der Waals surface area contributed by atoms with E-state index < -0.39 is 5.97 Å². The van der Waals surface area contributed by atoms with Crippen LogP contribution in [0.1, 0.15) is 75.9 Å². The van der Waals surface area contributed by atoms with E-state index in [1.807, 2.05) is 6.79 Å². The van der Waals surface area contributed by atoms with E-state index >= 15 is 0 Å². The molecule has 0 bridgehead atoms. The first-order chi connectivity index (χ1) is 20.5. The van der Waals surface area contributed by atoms with Crippen molar-refractivity contribution in [2.75, 3.05) is 33.9 Å². The summed E-state index contributed by atoms with van der Waals surface area (Å²) in [6.07, 6.45) is 2.92. The van der Waals surface area contributed by atoms with Crippen LogP contribution in [0.2, 0.25) is 0 Å². The lowest BCUT2D eigenvalue weighted by Gasteiger charge is -2.41. The van der Waals surface area contributed by atoms with Gasteiger partial charge in [-0.2, -0.15) is 0 Å². The normalized spacial score (nSPS) is 18.4. The zero-order chi connectivity index (χ0) is 31.8. The molecule has 44 heavy (non-hydrogen) atoms. The number of esters is 2. The lowest BCUT2D eigenvalue weighted by Crippen LogP contribution is -2.42. The Bertz CT molecular complexity index is 1410. The number of rotatable bonds is 5. The summed E-state index contributed by atoms with van der Waals surface area (Å²) in [6.45, 7) is 12.9. The van der Waals surface area contributed by atoms with E-state index in [9.17, 15) is 14.4 Å². The summed E-state index contributed by atoms with van der Waals surface area (Å²) in [5, 5.41) is 3.37. The Kier molecular flexibility index (Phi) is 13.8. The third-order valence-corrected chi connectivity index (χ3v) is 8.73. The van der Waals surface area contributed by atoms with Gasteiger partial charge in [0.1, 0.15) is 19.0 Å². The number of nitrogens with one attached hydrogen (secondary N) is 1. The van der Waals surface area contributed by atoms with Gasteiger partial charge in [0.2, 0.25) is 0 Å². The van der Waals surface area contributed by atoms with Crippen LogP contribution in [0.15, 0.2) is 35.5 Å². The van der Waals surface area contributed by atoms with Crippen molar-refractivity contribution < 1.29 is 28.7 Å². The van der Waals surface area contributed by atoms with Gasteiger partial charge in [0.05, 0.1) is 19.8 Å². The topological polar surface area (TPSA) is 128 Å². The SMILES string of the molecule is C=O.COC(=O)C1=C(N)CC2c3cc(C)c(C)cc3CCN2C1.COC(=O)CC(=O)CC1NCCc2cc(C)c(C)cc21.Cl. The molecule has 9 nitrogen and oxygen atoms in total. The molecule has 0 spiro atoms. The molecule has 3 aliphatic rings. The Hall–Kier alpha value is -3.53. The second-order valence-corrected chi connectivity index (χ2v) is 11.5. The van der Waals surface area contributed by atoms with Gasteiger partial charge in [-0.3, -0.25) is 14.5 Å². The molecule has 3 N–H and O–H groups in total. The monoisotopic (exact) mass is 627 g/mol. The van der Waals surface area contributed by atoms with Crippen molar-refractivity contribution in [2.45, 2.75) is 71.9 Å². The Morgan fingerprint density at radius 3 is 2.07 bits per heavy atom. The minimum Gasteiger partial charge on any atom is -0.469 e.